The number of ether oxygens (including phenoxy) is 2. The molecule has 3 heterocycles. The average molecular weight is 308 g/mol. The topological polar surface area (TPSA) is 34.6 Å². The fourth-order valence-electron chi connectivity index (χ4n) is 3.49. The first-order valence-electron chi connectivity index (χ1n) is 8.09. The molecule has 0 N–H and O–H groups in total. The summed E-state index contributed by atoms with van der Waals surface area (Å²) < 4.78 is 12.2. The van der Waals surface area contributed by atoms with E-state index in [9.17, 15) is 0 Å². The van der Waals surface area contributed by atoms with Gasteiger partial charge in [0.15, 0.2) is 0 Å². The molecule has 116 valence electrons. The van der Waals surface area contributed by atoms with Crippen LogP contribution in [0.25, 0.3) is 0 Å². The molecular formula is C16H24N2O2S. The van der Waals surface area contributed by atoms with Crippen molar-refractivity contribution >= 4 is 11.3 Å². The summed E-state index contributed by atoms with van der Waals surface area (Å²) in [6.45, 7) is 7.05. The van der Waals surface area contributed by atoms with E-state index in [0.717, 1.165) is 51.6 Å². The van der Waals surface area contributed by atoms with Gasteiger partial charge in [-0.05, 0) is 32.1 Å². The normalized spacial score (nSPS) is 33.3. The summed E-state index contributed by atoms with van der Waals surface area (Å²) >= 11 is 1.77. The maximum Gasteiger partial charge on any atom is 0.0847 e. The first-order chi connectivity index (χ1) is 10.2. The number of hydrogen-bond donors (Lipinski definition) is 0. The molecule has 2 atom stereocenters. The minimum Gasteiger partial charge on any atom is -0.375 e. The van der Waals surface area contributed by atoms with Gasteiger partial charge in [0.25, 0.3) is 0 Å². The minimum absolute atomic E-state index is 0.0623. The van der Waals surface area contributed by atoms with E-state index >= 15 is 0 Å². The van der Waals surface area contributed by atoms with Gasteiger partial charge in [-0.25, -0.2) is 4.98 Å². The first kappa shape index (κ1) is 14.1. The Labute approximate surface area is 130 Å². The molecule has 2 saturated heterocycles. The Balaban J connectivity index is 1.30. The molecule has 1 spiro atoms. The van der Waals surface area contributed by atoms with Crippen LogP contribution in [0.4, 0.5) is 0 Å². The van der Waals surface area contributed by atoms with Crippen molar-refractivity contribution in [3.05, 3.63) is 16.1 Å². The monoisotopic (exact) mass is 308 g/mol. The van der Waals surface area contributed by atoms with Gasteiger partial charge < -0.3 is 9.47 Å². The van der Waals surface area contributed by atoms with Gasteiger partial charge in [0.05, 0.1) is 29.5 Å². The minimum atomic E-state index is 0.0623. The summed E-state index contributed by atoms with van der Waals surface area (Å²) in [5.74, 6) is 0.843. The molecule has 5 heteroatoms. The summed E-state index contributed by atoms with van der Waals surface area (Å²) in [6, 6.07) is 0. The van der Waals surface area contributed by atoms with Crippen molar-refractivity contribution < 1.29 is 9.47 Å². The van der Waals surface area contributed by atoms with Gasteiger partial charge in [-0.1, -0.05) is 0 Å². The van der Waals surface area contributed by atoms with E-state index in [1.807, 2.05) is 5.51 Å². The molecule has 3 fully saturated rings. The van der Waals surface area contributed by atoms with E-state index in [1.54, 1.807) is 11.3 Å². The van der Waals surface area contributed by atoms with Crippen LogP contribution in [0.2, 0.25) is 0 Å². The average Bonchev–Trinajstić information content (AvgIpc) is 2.90. The Morgan fingerprint density at radius 3 is 3.19 bits per heavy atom. The Kier molecular flexibility index (Phi) is 3.78. The maximum absolute atomic E-state index is 6.17. The SMILES string of the molecule is Cc1ncsc1CN1CC[C@]2(C[C@H](OCC3CC3)CO2)C1. The van der Waals surface area contributed by atoms with E-state index in [4.69, 9.17) is 9.47 Å². The highest BCUT2D eigenvalue weighted by Crippen LogP contribution is 2.38. The predicted octanol–water partition coefficient (Wildman–Crippen LogP) is 2.61. The number of hydrogen-bond acceptors (Lipinski definition) is 5. The van der Waals surface area contributed by atoms with Gasteiger partial charge in [-0.15, -0.1) is 11.3 Å². The van der Waals surface area contributed by atoms with Crippen LogP contribution in [0.5, 0.6) is 0 Å². The zero-order valence-corrected chi connectivity index (χ0v) is 13.5. The lowest BCUT2D eigenvalue weighted by molar-refractivity contribution is 0.000888. The van der Waals surface area contributed by atoms with Crippen LogP contribution in [-0.4, -0.2) is 47.9 Å². The smallest absolute Gasteiger partial charge is 0.0847 e. The third kappa shape index (κ3) is 3.16. The highest BCUT2D eigenvalue weighted by molar-refractivity contribution is 7.09. The number of aryl methyl sites for hydroxylation is 1. The van der Waals surface area contributed by atoms with Crippen LogP contribution >= 0.6 is 11.3 Å². The standard InChI is InChI=1S/C16H24N2O2S/c1-12-15(21-11-17-12)7-18-5-4-16(10-18)6-14(9-20-16)19-8-13-2-3-13/h11,13-14H,2-10H2,1H3/t14-,16-/m0/s1. The van der Waals surface area contributed by atoms with Crippen LogP contribution in [0, 0.1) is 12.8 Å². The van der Waals surface area contributed by atoms with Crippen LogP contribution in [0.1, 0.15) is 36.3 Å². The number of nitrogens with zero attached hydrogens (tertiary/aromatic N) is 2. The number of aromatic nitrogens is 1. The van der Waals surface area contributed by atoms with Crippen molar-refractivity contribution in [3.8, 4) is 0 Å². The lowest BCUT2D eigenvalue weighted by Crippen LogP contribution is -2.33. The Morgan fingerprint density at radius 2 is 2.43 bits per heavy atom. The van der Waals surface area contributed by atoms with Crippen molar-refractivity contribution in [1.82, 2.24) is 9.88 Å². The molecular weight excluding hydrogens is 284 g/mol. The van der Waals surface area contributed by atoms with Gasteiger partial charge >= 0.3 is 0 Å². The molecule has 0 radical (unpaired) electrons. The van der Waals surface area contributed by atoms with Crippen molar-refractivity contribution in [2.24, 2.45) is 5.92 Å². The zero-order valence-electron chi connectivity index (χ0n) is 12.7. The highest BCUT2D eigenvalue weighted by atomic mass is 32.1. The predicted molar refractivity (Wildman–Crippen MR) is 82.5 cm³/mol. The molecule has 1 saturated carbocycles. The summed E-state index contributed by atoms with van der Waals surface area (Å²) in [6.07, 6.45) is 5.28. The Hall–Kier alpha value is -0.490. The van der Waals surface area contributed by atoms with Crippen molar-refractivity contribution in [2.45, 2.75) is 50.9 Å². The van der Waals surface area contributed by atoms with E-state index in [2.05, 4.69) is 16.8 Å². The lowest BCUT2D eigenvalue weighted by Gasteiger charge is -2.23. The van der Waals surface area contributed by atoms with E-state index in [0.29, 0.717) is 6.10 Å². The van der Waals surface area contributed by atoms with Crippen LogP contribution in [-0.2, 0) is 16.0 Å². The molecule has 2 aliphatic heterocycles. The van der Waals surface area contributed by atoms with E-state index in [1.165, 1.54) is 23.4 Å². The summed E-state index contributed by atoms with van der Waals surface area (Å²) in [7, 11) is 0. The fraction of sp³-hybridized carbons (Fsp3) is 0.812. The van der Waals surface area contributed by atoms with Crippen molar-refractivity contribution in [2.75, 3.05) is 26.3 Å². The molecule has 4 nitrogen and oxygen atoms in total. The fourth-order valence-corrected chi connectivity index (χ4v) is 4.31. The maximum atomic E-state index is 6.17. The summed E-state index contributed by atoms with van der Waals surface area (Å²) in [4.78, 5) is 8.26. The Morgan fingerprint density at radius 1 is 1.52 bits per heavy atom. The second-order valence-corrected chi connectivity index (χ2v) is 7.86. The number of rotatable bonds is 5. The molecule has 4 rings (SSSR count). The van der Waals surface area contributed by atoms with E-state index in [-0.39, 0.29) is 5.60 Å². The van der Waals surface area contributed by atoms with Gasteiger partial charge in [-0.3, -0.25) is 4.90 Å². The van der Waals surface area contributed by atoms with E-state index < -0.39 is 0 Å². The van der Waals surface area contributed by atoms with Crippen molar-refractivity contribution in [3.63, 3.8) is 0 Å². The largest absolute Gasteiger partial charge is 0.375 e. The lowest BCUT2D eigenvalue weighted by atomic mass is 9.98. The first-order valence-corrected chi connectivity index (χ1v) is 8.97. The highest BCUT2D eigenvalue weighted by Gasteiger charge is 2.46. The summed E-state index contributed by atoms with van der Waals surface area (Å²) in [5, 5.41) is 0. The second kappa shape index (κ2) is 5.61. The quantitative estimate of drug-likeness (QED) is 0.837. The molecule has 1 aliphatic carbocycles. The molecule has 21 heavy (non-hydrogen) atoms. The Bertz CT molecular complexity index is 502. The molecule has 1 aromatic rings. The van der Waals surface area contributed by atoms with Crippen LogP contribution in [0.15, 0.2) is 5.51 Å². The second-order valence-electron chi connectivity index (χ2n) is 6.92. The van der Waals surface area contributed by atoms with Gasteiger partial charge in [0.2, 0.25) is 0 Å². The number of likely N-dealkylation sites (tertiary alicyclic amines) is 1. The van der Waals surface area contributed by atoms with Crippen molar-refractivity contribution in [1.29, 1.82) is 0 Å². The molecule has 0 unspecified atom stereocenters. The van der Waals surface area contributed by atoms with Gasteiger partial charge in [0.1, 0.15) is 0 Å². The van der Waals surface area contributed by atoms with Gasteiger partial charge in [0, 0.05) is 37.5 Å². The van der Waals surface area contributed by atoms with Crippen LogP contribution < -0.4 is 0 Å². The molecule has 0 bridgehead atoms. The van der Waals surface area contributed by atoms with Gasteiger partial charge in [-0.2, -0.15) is 0 Å². The molecule has 3 aliphatic rings. The third-order valence-corrected chi connectivity index (χ3v) is 5.97. The molecule has 0 aromatic carbocycles. The molecule has 0 amide bonds. The summed E-state index contributed by atoms with van der Waals surface area (Å²) in [5.41, 5.74) is 3.19. The third-order valence-electron chi connectivity index (χ3n) is 5.05. The zero-order chi connectivity index (χ0) is 14.3. The molecule has 1 aromatic heterocycles. The number of thiazole rings is 1. The van der Waals surface area contributed by atoms with Crippen LogP contribution in [0.3, 0.4) is 0 Å².